The normalized spacial score (nSPS) is 20.8. The first-order valence-corrected chi connectivity index (χ1v) is 13.5. The second-order valence-electron chi connectivity index (χ2n) is 9.69. The van der Waals surface area contributed by atoms with E-state index < -0.39 is 44.2 Å². The molecule has 1 saturated heterocycles. The van der Waals surface area contributed by atoms with Crippen molar-refractivity contribution >= 4 is 48.1 Å². The number of nitrogens with zero attached hydrogens (tertiary/aromatic N) is 1. The van der Waals surface area contributed by atoms with Gasteiger partial charge in [-0.25, -0.2) is 9.59 Å². The molecule has 1 fully saturated rings. The Kier molecular flexibility index (Phi) is 7.55. The zero-order valence-corrected chi connectivity index (χ0v) is 21.3. The van der Waals surface area contributed by atoms with E-state index in [-0.39, 0.29) is 23.9 Å². The predicted octanol–water partition coefficient (Wildman–Crippen LogP) is 3.34. The number of carbonyl (C=O) groups excluding carboxylic acids is 1. The Morgan fingerprint density at radius 2 is 1.53 bits per heavy atom. The van der Waals surface area contributed by atoms with E-state index in [4.69, 9.17) is 16.0 Å². The van der Waals surface area contributed by atoms with E-state index in [1.54, 1.807) is 0 Å². The van der Waals surface area contributed by atoms with E-state index in [1.807, 2.05) is 60.7 Å². The largest absolute Gasteiger partial charge is 0.479 e. The number of carbonyl (C=O) groups is 3. The number of hydrogen-bond donors (Lipinski definition) is 2. The van der Waals surface area contributed by atoms with Crippen LogP contribution in [0.1, 0.15) is 33.6 Å². The van der Waals surface area contributed by atoms with E-state index in [0.29, 0.717) is 0 Å². The first kappa shape index (κ1) is 25.9. The number of halogens is 1. The van der Waals surface area contributed by atoms with Crippen LogP contribution in [0.2, 0.25) is 5.04 Å². The summed E-state index contributed by atoms with van der Waals surface area (Å²) < 4.78 is 6.96. The molecule has 1 aliphatic rings. The fraction of sp³-hybridized carbons (Fsp3) is 0.400. The van der Waals surface area contributed by atoms with Gasteiger partial charge in [-0.05, 0) is 15.4 Å². The van der Waals surface area contributed by atoms with Crippen LogP contribution in [0.15, 0.2) is 60.7 Å². The SMILES string of the molecule is CC(C)(C)[Si](O[C@@H]1CN(C(=O)O)C(CC(=O)CCl)(C(=O)O)C1)(c1ccccc1)c1ccccc1. The molecule has 7 nitrogen and oxygen atoms in total. The van der Waals surface area contributed by atoms with Crippen LogP contribution in [0.4, 0.5) is 4.79 Å². The van der Waals surface area contributed by atoms with Crippen molar-refractivity contribution in [3.63, 3.8) is 0 Å². The molecule has 0 aromatic heterocycles. The third-order valence-corrected chi connectivity index (χ3v) is 11.9. The molecule has 1 amide bonds. The Hall–Kier alpha value is -2.68. The molecule has 2 atom stereocenters. The number of rotatable bonds is 8. The summed E-state index contributed by atoms with van der Waals surface area (Å²) in [7, 11) is -3.05. The molecule has 0 aliphatic carbocycles. The lowest BCUT2D eigenvalue weighted by Crippen LogP contribution is -2.67. The number of amides is 1. The van der Waals surface area contributed by atoms with E-state index >= 15 is 0 Å². The first-order valence-electron chi connectivity index (χ1n) is 11.1. The van der Waals surface area contributed by atoms with Crippen LogP contribution in [-0.2, 0) is 14.0 Å². The summed E-state index contributed by atoms with van der Waals surface area (Å²) in [6, 6.07) is 19.6. The van der Waals surface area contributed by atoms with E-state index in [0.717, 1.165) is 15.3 Å². The third-order valence-electron chi connectivity index (χ3n) is 6.50. The molecule has 9 heteroatoms. The van der Waals surface area contributed by atoms with Gasteiger partial charge in [0.15, 0.2) is 11.3 Å². The molecule has 1 aliphatic heterocycles. The van der Waals surface area contributed by atoms with Crippen LogP contribution in [0.3, 0.4) is 0 Å². The van der Waals surface area contributed by atoms with Crippen LogP contribution in [0, 0.1) is 0 Å². The van der Waals surface area contributed by atoms with Crippen LogP contribution in [0.5, 0.6) is 0 Å². The van der Waals surface area contributed by atoms with E-state index in [1.165, 1.54) is 0 Å². The summed E-state index contributed by atoms with van der Waals surface area (Å²) in [6.45, 7) is 6.11. The van der Waals surface area contributed by atoms with Gasteiger partial charge in [0.05, 0.1) is 18.5 Å². The molecule has 2 N–H and O–H groups in total. The van der Waals surface area contributed by atoms with Gasteiger partial charge in [-0.2, -0.15) is 0 Å². The van der Waals surface area contributed by atoms with Crippen molar-refractivity contribution in [1.29, 1.82) is 0 Å². The second kappa shape index (κ2) is 9.89. The summed E-state index contributed by atoms with van der Waals surface area (Å²) in [4.78, 5) is 37.5. The fourth-order valence-corrected chi connectivity index (χ4v) is 9.80. The third kappa shape index (κ3) is 4.62. The Labute approximate surface area is 205 Å². The van der Waals surface area contributed by atoms with Crippen LogP contribution < -0.4 is 10.4 Å². The number of carboxylic acids is 1. The van der Waals surface area contributed by atoms with Gasteiger partial charge in [-0.15, -0.1) is 11.6 Å². The molecule has 1 unspecified atom stereocenters. The minimum Gasteiger partial charge on any atom is -0.479 e. The van der Waals surface area contributed by atoms with Gasteiger partial charge in [-0.3, -0.25) is 9.69 Å². The molecule has 0 saturated carbocycles. The summed E-state index contributed by atoms with van der Waals surface area (Å²) in [5.74, 6) is -2.29. The van der Waals surface area contributed by atoms with Crippen molar-refractivity contribution < 1.29 is 29.0 Å². The Morgan fingerprint density at radius 3 is 1.91 bits per heavy atom. The average molecular weight is 504 g/mol. The predicted molar refractivity (Wildman–Crippen MR) is 133 cm³/mol. The maximum absolute atomic E-state index is 12.4. The maximum Gasteiger partial charge on any atom is 0.408 e. The van der Waals surface area contributed by atoms with Gasteiger partial charge in [0.25, 0.3) is 8.32 Å². The van der Waals surface area contributed by atoms with Gasteiger partial charge in [0, 0.05) is 12.8 Å². The fourth-order valence-electron chi connectivity index (χ4n) is 5.03. The summed E-state index contributed by atoms with van der Waals surface area (Å²) in [5.41, 5.74) is -1.92. The quantitative estimate of drug-likeness (QED) is 0.423. The smallest absolute Gasteiger partial charge is 0.408 e. The molecular weight excluding hydrogens is 474 g/mol. The molecule has 2 aromatic carbocycles. The summed E-state index contributed by atoms with van der Waals surface area (Å²) >= 11 is 5.65. The van der Waals surface area contributed by atoms with Crippen molar-refractivity contribution in [2.45, 2.75) is 50.3 Å². The molecule has 34 heavy (non-hydrogen) atoms. The van der Waals surface area contributed by atoms with Crippen molar-refractivity contribution in [3.05, 3.63) is 60.7 Å². The van der Waals surface area contributed by atoms with Crippen LogP contribution in [0.25, 0.3) is 0 Å². The lowest BCUT2D eigenvalue weighted by atomic mass is 9.90. The minimum atomic E-state index is -3.05. The molecule has 182 valence electrons. The molecule has 1 heterocycles. The van der Waals surface area contributed by atoms with Gasteiger partial charge in [0.2, 0.25) is 0 Å². The lowest BCUT2D eigenvalue weighted by molar-refractivity contribution is -0.151. The molecule has 0 radical (unpaired) electrons. The number of benzene rings is 2. The second-order valence-corrected chi connectivity index (χ2v) is 14.2. The molecule has 2 aromatic rings. The molecule has 0 spiro atoms. The number of alkyl halides is 1. The molecule has 0 bridgehead atoms. The number of aliphatic carboxylic acids is 1. The monoisotopic (exact) mass is 503 g/mol. The maximum atomic E-state index is 12.4. The topological polar surface area (TPSA) is 104 Å². The van der Waals surface area contributed by atoms with Gasteiger partial charge >= 0.3 is 12.1 Å². The highest BCUT2D eigenvalue weighted by molar-refractivity contribution is 6.99. The van der Waals surface area contributed by atoms with Crippen LogP contribution in [-0.4, -0.2) is 65.3 Å². The standard InChI is InChI=1S/C25H30ClNO6Si/c1-24(2,3)34(20-10-6-4-7-11-20,21-12-8-5-9-13-21)33-19-15-25(22(29)30,14-18(28)16-26)27(17-19)23(31)32/h4-13,19H,14-17H2,1-3H3,(H,29,30)(H,31,32)/t19-,25?/m0/s1. The van der Waals surface area contributed by atoms with Gasteiger partial charge < -0.3 is 14.6 Å². The van der Waals surface area contributed by atoms with Crippen molar-refractivity contribution in [3.8, 4) is 0 Å². The average Bonchev–Trinajstić information content (AvgIpc) is 3.17. The Morgan fingerprint density at radius 1 is 1.03 bits per heavy atom. The Balaban J connectivity index is 2.14. The lowest BCUT2D eigenvalue weighted by Gasteiger charge is -2.44. The number of Topliss-reactive ketones (excluding diaryl/α,β-unsaturated/α-hetero) is 1. The molecular formula is C25H30ClNO6Si. The van der Waals surface area contributed by atoms with Gasteiger partial charge in [-0.1, -0.05) is 81.4 Å². The zero-order chi connectivity index (χ0) is 25.1. The van der Waals surface area contributed by atoms with Crippen molar-refractivity contribution in [1.82, 2.24) is 4.90 Å². The highest BCUT2D eigenvalue weighted by Crippen LogP contribution is 2.42. The highest BCUT2D eigenvalue weighted by atomic mass is 35.5. The molecule has 3 rings (SSSR count). The minimum absolute atomic E-state index is 0.137. The number of carboxylic acid groups (broad SMARTS) is 2. The van der Waals surface area contributed by atoms with Crippen molar-refractivity contribution in [2.75, 3.05) is 12.4 Å². The highest BCUT2D eigenvalue weighted by Gasteiger charge is 2.59. The van der Waals surface area contributed by atoms with Gasteiger partial charge in [0.1, 0.15) is 0 Å². The zero-order valence-electron chi connectivity index (χ0n) is 19.5. The summed E-state index contributed by atoms with van der Waals surface area (Å²) in [5, 5.41) is 21.6. The first-order chi connectivity index (χ1) is 16.0. The number of likely N-dealkylation sites (tertiary alicyclic amines) is 1. The van der Waals surface area contributed by atoms with Crippen molar-refractivity contribution in [2.24, 2.45) is 0 Å². The van der Waals surface area contributed by atoms with E-state index in [9.17, 15) is 24.6 Å². The Bertz CT molecular complexity index is 1000. The van der Waals surface area contributed by atoms with E-state index in [2.05, 4.69) is 20.8 Å². The summed E-state index contributed by atoms with van der Waals surface area (Å²) in [6.07, 6.45) is -2.76. The number of hydrogen-bond acceptors (Lipinski definition) is 4. The van der Waals surface area contributed by atoms with Crippen LogP contribution >= 0.6 is 11.6 Å². The number of ketones is 1.